The quantitative estimate of drug-likeness (QED) is 0.283. The van der Waals surface area contributed by atoms with Crippen LogP contribution in [0.15, 0.2) is 91.0 Å². The molecule has 6 rings (SSSR count). The second kappa shape index (κ2) is 10.6. The standard InChI is InChI=1S/C32H29FN2O3/c1-36-30-14-7-22(17-23(30)20-38-25-10-8-24(33)9-11-25)31-32-27(15-16-34-31)28-18-26(12-13-29(28)35-32)37-19-21-5-3-2-4-6-21/h2-14,17-18,31,34-35H,15-16,19-20H2,1H3/p+1. The predicted octanol–water partition coefficient (Wildman–Crippen LogP) is 5.68. The lowest BCUT2D eigenvalue weighted by atomic mass is 9.93. The van der Waals surface area contributed by atoms with Crippen molar-refractivity contribution in [1.29, 1.82) is 0 Å². The number of ether oxygens (including phenoxy) is 3. The van der Waals surface area contributed by atoms with Gasteiger partial charge in [0.25, 0.3) is 0 Å². The minimum absolute atomic E-state index is 0.135. The summed E-state index contributed by atoms with van der Waals surface area (Å²) in [5, 5.41) is 3.59. The average Bonchev–Trinajstić information content (AvgIpc) is 3.34. The average molecular weight is 510 g/mol. The number of nitrogens with two attached hydrogens (primary N) is 1. The number of benzene rings is 4. The Kier molecular flexibility index (Phi) is 6.71. The van der Waals surface area contributed by atoms with Crippen molar-refractivity contribution in [3.05, 3.63) is 125 Å². The molecule has 0 aliphatic carbocycles. The summed E-state index contributed by atoms with van der Waals surface area (Å²) in [6, 6.07) is 29.0. The molecule has 0 bridgehead atoms. The first-order valence-corrected chi connectivity index (χ1v) is 12.9. The zero-order chi connectivity index (χ0) is 25.9. The summed E-state index contributed by atoms with van der Waals surface area (Å²) in [4.78, 5) is 3.69. The van der Waals surface area contributed by atoms with E-state index < -0.39 is 0 Å². The molecular weight excluding hydrogens is 479 g/mol. The molecule has 5 nitrogen and oxygen atoms in total. The van der Waals surface area contributed by atoms with Crippen LogP contribution in [-0.4, -0.2) is 18.6 Å². The van der Waals surface area contributed by atoms with Crippen molar-refractivity contribution >= 4 is 10.9 Å². The van der Waals surface area contributed by atoms with Gasteiger partial charge in [-0.3, -0.25) is 0 Å². The molecule has 5 aromatic rings. The zero-order valence-corrected chi connectivity index (χ0v) is 21.2. The van der Waals surface area contributed by atoms with Gasteiger partial charge in [0.15, 0.2) is 6.04 Å². The predicted molar refractivity (Wildman–Crippen MR) is 145 cm³/mol. The maximum absolute atomic E-state index is 13.3. The molecule has 0 saturated carbocycles. The Morgan fingerprint density at radius 3 is 2.47 bits per heavy atom. The number of aromatic amines is 1. The second-order valence-corrected chi connectivity index (χ2v) is 9.56. The summed E-state index contributed by atoms with van der Waals surface area (Å²) >= 11 is 0. The number of halogens is 1. The fourth-order valence-corrected chi connectivity index (χ4v) is 5.22. The third-order valence-electron chi connectivity index (χ3n) is 7.14. The van der Waals surface area contributed by atoms with Crippen LogP contribution < -0.4 is 19.5 Å². The van der Waals surface area contributed by atoms with Gasteiger partial charge in [0.05, 0.1) is 19.3 Å². The van der Waals surface area contributed by atoms with Gasteiger partial charge in [-0.2, -0.15) is 0 Å². The monoisotopic (exact) mass is 509 g/mol. The normalized spacial score (nSPS) is 14.7. The molecule has 0 saturated heterocycles. The van der Waals surface area contributed by atoms with E-state index in [9.17, 15) is 4.39 Å². The van der Waals surface area contributed by atoms with E-state index in [0.717, 1.165) is 41.1 Å². The van der Waals surface area contributed by atoms with Crippen LogP contribution in [0.25, 0.3) is 10.9 Å². The molecule has 1 atom stereocenters. The lowest BCUT2D eigenvalue weighted by Gasteiger charge is -2.22. The third-order valence-corrected chi connectivity index (χ3v) is 7.14. The molecule has 6 heteroatoms. The highest BCUT2D eigenvalue weighted by Crippen LogP contribution is 2.34. The minimum Gasteiger partial charge on any atom is -0.496 e. The van der Waals surface area contributed by atoms with Crippen LogP contribution in [0, 0.1) is 5.82 Å². The van der Waals surface area contributed by atoms with Gasteiger partial charge in [-0.05, 0) is 71.8 Å². The van der Waals surface area contributed by atoms with E-state index in [1.807, 2.05) is 30.3 Å². The molecule has 0 spiro atoms. The molecule has 38 heavy (non-hydrogen) atoms. The Labute approximate surface area is 221 Å². The number of hydrogen-bond donors (Lipinski definition) is 2. The maximum atomic E-state index is 13.3. The Morgan fingerprint density at radius 1 is 0.868 bits per heavy atom. The summed E-state index contributed by atoms with van der Waals surface area (Å²) < 4.78 is 30.9. The molecular formula is C32H30FN2O3+. The smallest absolute Gasteiger partial charge is 0.153 e. The summed E-state index contributed by atoms with van der Waals surface area (Å²) in [6.07, 6.45) is 0.991. The van der Waals surface area contributed by atoms with Gasteiger partial charge in [-0.15, -0.1) is 0 Å². The lowest BCUT2D eigenvalue weighted by Crippen LogP contribution is -2.87. The molecule has 3 N–H and O–H groups in total. The van der Waals surface area contributed by atoms with Crippen molar-refractivity contribution < 1.29 is 23.9 Å². The van der Waals surface area contributed by atoms with Crippen LogP contribution in [0.2, 0.25) is 0 Å². The first-order chi connectivity index (χ1) is 18.7. The number of quaternary nitrogens is 1. The van der Waals surface area contributed by atoms with Crippen molar-refractivity contribution in [3.63, 3.8) is 0 Å². The van der Waals surface area contributed by atoms with Crippen LogP contribution >= 0.6 is 0 Å². The molecule has 2 heterocycles. The molecule has 4 aromatic carbocycles. The highest BCUT2D eigenvalue weighted by molar-refractivity contribution is 5.86. The summed E-state index contributed by atoms with van der Waals surface area (Å²) in [6.45, 7) is 1.87. The Balaban J connectivity index is 1.26. The van der Waals surface area contributed by atoms with Gasteiger partial charge in [0, 0.05) is 28.5 Å². The van der Waals surface area contributed by atoms with Gasteiger partial charge in [0.1, 0.15) is 36.3 Å². The van der Waals surface area contributed by atoms with Crippen molar-refractivity contribution in [2.24, 2.45) is 0 Å². The summed E-state index contributed by atoms with van der Waals surface area (Å²) in [5.41, 5.74) is 6.96. The lowest BCUT2D eigenvalue weighted by molar-refractivity contribution is -0.690. The Bertz CT molecular complexity index is 1550. The molecule has 0 radical (unpaired) electrons. The van der Waals surface area contributed by atoms with Crippen LogP contribution in [-0.2, 0) is 19.6 Å². The van der Waals surface area contributed by atoms with Crippen LogP contribution in [0.5, 0.6) is 17.2 Å². The number of hydrogen-bond acceptors (Lipinski definition) is 3. The van der Waals surface area contributed by atoms with Crippen LogP contribution in [0.4, 0.5) is 4.39 Å². The highest BCUT2D eigenvalue weighted by atomic mass is 19.1. The Morgan fingerprint density at radius 2 is 1.66 bits per heavy atom. The van der Waals surface area contributed by atoms with Crippen molar-refractivity contribution in [2.45, 2.75) is 25.7 Å². The van der Waals surface area contributed by atoms with E-state index in [1.165, 1.54) is 34.3 Å². The molecule has 0 amide bonds. The topological polar surface area (TPSA) is 60.1 Å². The first kappa shape index (κ1) is 24.1. The van der Waals surface area contributed by atoms with E-state index in [4.69, 9.17) is 14.2 Å². The van der Waals surface area contributed by atoms with Crippen molar-refractivity contribution in [1.82, 2.24) is 4.98 Å². The van der Waals surface area contributed by atoms with Crippen molar-refractivity contribution in [2.75, 3.05) is 13.7 Å². The van der Waals surface area contributed by atoms with Gasteiger partial charge in [-0.1, -0.05) is 30.3 Å². The SMILES string of the molecule is COc1ccc(C2[NH2+]CCc3c2[nH]c2ccc(OCc4ccccc4)cc32)cc1COc1ccc(F)cc1. The summed E-state index contributed by atoms with van der Waals surface area (Å²) in [7, 11) is 1.66. The van der Waals surface area contributed by atoms with E-state index in [1.54, 1.807) is 19.2 Å². The number of H-pyrrole nitrogens is 1. The fourth-order valence-electron chi connectivity index (χ4n) is 5.22. The van der Waals surface area contributed by atoms with E-state index >= 15 is 0 Å². The van der Waals surface area contributed by atoms with Crippen molar-refractivity contribution in [3.8, 4) is 17.2 Å². The first-order valence-electron chi connectivity index (χ1n) is 12.9. The molecule has 0 fully saturated rings. The maximum Gasteiger partial charge on any atom is 0.153 e. The van der Waals surface area contributed by atoms with E-state index in [-0.39, 0.29) is 11.9 Å². The molecule has 1 unspecified atom stereocenters. The van der Waals surface area contributed by atoms with E-state index in [0.29, 0.717) is 19.0 Å². The minimum atomic E-state index is -0.284. The number of rotatable bonds is 8. The highest BCUT2D eigenvalue weighted by Gasteiger charge is 2.29. The number of methoxy groups -OCH3 is 1. The number of nitrogens with one attached hydrogen (secondary N) is 1. The van der Waals surface area contributed by atoms with Gasteiger partial charge in [-0.25, -0.2) is 4.39 Å². The molecule has 1 aromatic heterocycles. The largest absolute Gasteiger partial charge is 0.496 e. The number of aromatic nitrogens is 1. The van der Waals surface area contributed by atoms with Crippen LogP contribution in [0.3, 0.4) is 0 Å². The number of fused-ring (bicyclic) bond motifs is 3. The molecule has 1 aliphatic rings. The second-order valence-electron chi connectivity index (χ2n) is 9.56. The molecule has 1 aliphatic heterocycles. The summed E-state index contributed by atoms with van der Waals surface area (Å²) in [5.74, 6) is 1.97. The van der Waals surface area contributed by atoms with Gasteiger partial charge < -0.3 is 24.5 Å². The Hall–Kier alpha value is -4.29. The van der Waals surface area contributed by atoms with Gasteiger partial charge >= 0.3 is 0 Å². The van der Waals surface area contributed by atoms with E-state index in [2.05, 4.69) is 46.7 Å². The zero-order valence-electron chi connectivity index (χ0n) is 21.2. The van der Waals surface area contributed by atoms with Crippen LogP contribution in [0.1, 0.15) is 34.0 Å². The molecule has 192 valence electrons. The van der Waals surface area contributed by atoms with Gasteiger partial charge in [0.2, 0.25) is 0 Å². The fraction of sp³-hybridized carbons (Fsp3) is 0.188. The third kappa shape index (κ3) is 4.95.